The van der Waals surface area contributed by atoms with E-state index in [0.29, 0.717) is 34.4 Å². The number of hydrogen-bond donors (Lipinski definition) is 5. The van der Waals surface area contributed by atoms with Gasteiger partial charge in [-0.2, -0.15) is 10.2 Å². The topological polar surface area (TPSA) is 175 Å². The fraction of sp³-hybridized carbons (Fsp3) is 0.395. The van der Waals surface area contributed by atoms with E-state index in [9.17, 15) is 10.2 Å². The van der Waals surface area contributed by atoms with Gasteiger partial charge in [0.2, 0.25) is 5.88 Å². The number of phenolic OH excluding ortho intramolecular Hbond substituents is 2. The predicted molar refractivity (Wildman–Crippen MR) is 221 cm³/mol. The van der Waals surface area contributed by atoms with Gasteiger partial charge >= 0.3 is 0 Å². The van der Waals surface area contributed by atoms with Gasteiger partial charge in [-0.15, -0.1) is 20.4 Å². The van der Waals surface area contributed by atoms with Gasteiger partial charge in [0.1, 0.15) is 17.6 Å². The normalized spacial score (nSPS) is 18.6. The number of aromatic hydroxyl groups is 2. The molecule has 5 N–H and O–H groups in total. The van der Waals surface area contributed by atoms with Crippen LogP contribution >= 0.6 is 0 Å². The Bertz CT molecular complexity index is 2220. The highest BCUT2D eigenvalue weighted by atomic mass is 16.5. The second kappa shape index (κ2) is 15.9. The number of anilines is 1. The van der Waals surface area contributed by atoms with Gasteiger partial charge in [-0.25, -0.2) is 4.68 Å². The SMILES string of the molecule is CC1(C)CC(Oc2ccc(-c3ccc(-n4cccn4)cc3O)nn2)CCN1.CN(c1ccc(-c2cc(-c3cn[nH]c3)ccc2O)nn1)C1CC(C)(C)NC(C)(C)C1. The van der Waals surface area contributed by atoms with Crippen LogP contribution in [0.4, 0.5) is 5.82 Å². The van der Waals surface area contributed by atoms with E-state index in [-0.39, 0.29) is 34.2 Å². The smallest absolute Gasteiger partial charge is 0.233 e. The summed E-state index contributed by atoms with van der Waals surface area (Å²) < 4.78 is 7.68. The molecule has 4 aromatic heterocycles. The molecule has 2 saturated heterocycles. The molecule has 0 bridgehead atoms. The zero-order valence-electron chi connectivity index (χ0n) is 33.7. The molecule has 2 aliphatic heterocycles. The lowest BCUT2D eigenvalue weighted by molar-refractivity contribution is 0.106. The maximum Gasteiger partial charge on any atom is 0.233 e. The Balaban J connectivity index is 0.000000175. The van der Waals surface area contributed by atoms with Crippen molar-refractivity contribution in [3.8, 4) is 56.7 Å². The van der Waals surface area contributed by atoms with Gasteiger partial charge in [0.15, 0.2) is 5.82 Å². The Morgan fingerprint density at radius 2 is 1.53 bits per heavy atom. The zero-order valence-corrected chi connectivity index (χ0v) is 33.7. The molecule has 2 aliphatic rings. The molecule has 6 aromatic rings. The largest absolute Gasteiger partial charge is 0.507 e. The van der Waals surface area contributed by atoms with Crippen LogP contribution in [-0.2, 0) is 0 Å². The van der Waals surface area contributed by atoms with E-state index in [1.54, 1.807) is 35.3 Å². The van der Waals surface area contributed by atoms with Crippen LogP contribution in [-0.4, -0.2) is 92.9 Å². The van der Waals surface area contributed by atoms with E-state index in [1.165, 1.54) is 0 Å². The van der Waals surface area contributed by atoms with Gasteiger partial charge in [0, 0.05) is 83.5 Å². The number of benzene rings is 2. The molecule has 298 valence electrons. The predicted octanol–water partition coefficient (Wildman–Crippen LogP) is 6.93. The lowest BCUT2D eigenvalue weighted by atomic mass is 9.79. The summed E-state index contributed by atoms with van der Waals surface area (Å²) in [6.45, 7) is 14.3. The number of aromatic nitrogens is 8. The molecular weight excluding hydrogens is 719 g/mol. The lowest BCUT2D eigenvalue weighted by Crippen LogP contribution is -2.62. The molecule has 0 amide bonds. The van der Waals surface area contributed by atoms with Crippen LogP contribution in [0.5, 0.6) is 17.4 Å². The van der Waals surface area contributed by atoms with E-state index in [4.69, 9.17) is 4.74 Å². The average molecular weight is 772 g/mol. The number of phenols is 2. The van der Waals surface area contributed by atoms with E-state index in [0.717, 1.165) is 54.9 Å². The van der Waals surface area contributed by atoms with E-state index in [1.807, 2.05) is 60.9 Å². The minimum absolute atomic E-state index is 0.0629. The quantitative estimate of drug-likeness (QED) is 0.108. The lowest BCUT2D eigenvalue weighted by Gasteiger charge is -2.49. The van der Waals surface area contributed by atoms with Crippen LogP contribution in [0.3, 0.4) is 0 Å². The number of nitrogens with one attached hydrogen (secondary N) is 3. The standard InChI is InChI=1S/C23H30N6O.C20H23N5O2/c1-22(2)11-17(12-23(3,4)28-22)29(5)21-9-7-19(26-27-21)18-10-15(6-8-20(18)30)16-13-24-25-14-16;1-20(2)13-15(8-10-21-20)27-19-7-6-17(23-24-19)16-5-4-14(12-18(16)26)25-11-3-9-22-25/h6-10,13-14,17,28,30H,11-12H2,1-5H3,(H,24,25);3-7,9,11-12,15,21,26H,8,10,13H2,1-2H3. The van der Waals surface area contributed by atoms with Crippen molar-refractivity contribution < 1.29 is 14.9 Å². The fourth-order valence-electron chi connectivity index (χ4n) is 8.13. The van der Waals surface area contributed by atoms with Crippen LogP contribution in [0.25, 0.3) is 39.3 Å². The monoisotopic (exact) mass is 771 g/mol. The van der Waals surface area contributed by atoms with E-state index in [2.05, 4.69) is 99.8 Å². The number of aromatic amines is 1. The molecule has 1 unspecified atom stereocenters. The van der Waals surface area contributed by atoms with Gasteiger partial charge in [0.25, 0.3) is 0 Å². The summed E-state index contributed by atoms with van der Waals surface area (Å²) in [6.07, 6.45) is 11.1. The number of rotatable bonds is 8. The average Bonchev–Trinajstić information content (AvgIpc) is 3.90. The van der Waals surface area contributed by atoms with Gasteiger partial charge in [-0.3, -0.25) is 5.10 Å². The number of ether oxygens (including phenoxy) is 1. The first-order valence-electron chi connectivity index (χ1n) is 19.4. The minimum atomic E-state index is 0.0629. The zero-order chi connectivity index (χ0) is 40.4. The third-order valence-corrected chi connectivity index (χ3v) is 10.6. The number of piperidine rings is 2. The summed E-state index contributed by atoms with van der Waals surface area (Å²) in [5.74, 6) is 1.66. The first kappa shape index (κ1) is 39.4. The van der Waals surface area contributed by atoms with Gasteiger partial charge in [-0.05, 0) is 121 Å². The molecule has 0 saturated carbocycles. The minimum Gasteiger partial charge on any atom is -0.507 e. The second-order valence-corrected chi connectivity index (χ2v) is 17.0. The van der Waals surface area contributed by atoms with Crippen LogP contribution in [0, 0.1) is 0 Å². The molecule has 14 nitrogen and oxygen atoms in total. The summed E-state index contributed by atoms with van der Waals surface area (Å²) in [7, 11) is 2.09. The first-order valence-corrected chi connectivity index (χ1v) is 19.4. The van der Waals surface area contributed by atoms with Crippen molar-refractivity contribution in [1.82, 2.24) is 51.0 Å². The van der Waals surface area contributed by atoms with Crippen molar-refractivity contribution in [1.29, 1.82) is 0 Å². The Hall–Kier alpha value is -5.86. The summed E-state index contributed by atoms with van der Waals surface area (Å²) in [4.78, 5) is 2.23. The second-order valence-electron chi connectivity index (χ2n) is 17.0. The molecule has 0 radical (unpaired) electrons. The highest BCUT2D eigenvalue weighted by Gasteiger charge is 2.39. The summed E-state index contributed by atoms with van der Waals surface area (Å²) in [5.41, 5.74) is 5.39. The van der Waals surface area contributed by atoms with Crippen LogP contribution < -0.4 is 20.3 Å². The number of nitrogens with zero attached hydrogens (tertiary/aromatic N) is 8. The van der Waals surface area contributed by atoms with Crippen molar-refractivity contribution >= 4 is 5.82 Å². The Kier molecular flexibility index (Phi) is 11.0. The maximum atomic E-state index is 10.4. The fourth-order valence-corrected chi connectivity index (χ4v) is 8.13. The van der Waals surface area contributed by atoms with Crippen molar-refractivity contribution in [2.45, 2.75) is 96.0 Å². The molecule has 6 heterocycles. The summed E-state index contributed by atoms with van der Waals surface area (Å²) in [5, 5.41) is 56.3. The number of hydrogen-bond acceptors (Lipinski definition) is 12. The third-order valence-electron chi connectivity index (χ3n) is 10.6. The highest BCUT2D eigenvalue weighted by molar-refractivity contribution is 5.75. The molecular formula is C43H53N11O3. The molecule has 8 rings (SSSR count). The van der Waals surface area contributed by atoms with Crippen LogP contribution in [0.1, 0.15) is 67.2 Å². The molecule has 0 spiro atoms. The summed E-state index contributed by atoms with van der Waals surface area (Å²) in [6, 6.07) is 20.5. The van der Waals surface area contributed by atoms with Crippen molar-refractivity contribution in [2.75, 3.05) is 18.5 Å². The van der Waals surface area contributed by atoms with Crippen molar-refractivity contribution in [3.63, 3.8) is 0 Å². The van der Waals surface area contributed by atoms with Gasteiger partial charge in [-0.1, -0.05) is 6.07 Å². The molecule has 2 aromatic carbocycles. The van der Waals surface area contributed by atoms with Crippen molar-refractivity contribution in [3.05, 3.63) is 91.5 Å². The molecule has 1 atom stereocenters. The van der Waals surface area contributed by atoms with Crippen molar-refractivity contribution in [2.24, 2.45) is 0 Å². The molecule has 0 aliphatic carbocycles. The van der Waals surface area contributed by atoms with E-state index >= 15 is 0 Å². The number of H-pyrrole nitrogens is 1. The third kappa shape index (κ3) is 9.58. The maximum absolute atomic E-state index is 10.4. The Morgan fingerprint density at radius 3 is 2.16 bits per heavy atom. The van der Waals surface area contributed by atoms with E-state index < -0.39 is 0 Å². The highest BCUT2D eigenvalue weighted by Crippen LogP contribution is 2.35. The molecule has 14 heteroatoms. The van der Waals surface area contributed by atoms with Gasteiger partial charge in [0.05, 0.1) is 23.3 Å². The molecule has 57 heavy (non-hydrogen) atoms. The van der Waals surface area contributed by atoms with Crippen LogP contribution in [0.15, 0.2) is 91.5 Å². The molecule has 2 fully saturated rings. The Labute approximate surface area is 333 Å². The summed E-state index contributed by atoms with van der Waals surface area (Å²) >= 11 is 0. The van der Waals surface area contributed by atoms with Crippen LogP contribution in [0.2, 0.25) is 0 Å². The van der Waals surface area contributed by atoms with Gasteiger partial charge < -0.3 is 30.5 Å². The first-order chi connectivity index (χ1) is 27.1. The Morgan fingerprint density at radius 1 is 0.772 bits per heavy atom.